The second kappa shape index (κ2) is 5.17. The molecule has 1 heterocycles. The third-order valence-corrected chi connectivity index (χ3v) is 3.17. The molecule has 0 spiro atoms. The largest absolute Gasteiger partial charge is 0.351 e. The van der Waals surface area contributed by atoms with Gasteiger partial charge in [0.15, 0.2) is 0 Å². The molecule has 4 heteroatoms. The van der Waals surface area contributed by atoms with Gasteiger partial charge in [-0.05, 0) is 23.3 Å². The van der Waals surface area contributed by atoms with E-state index < -0.39 is 0 Å². The summed E-state index contributed by atoms with van der Waals surface area (Å²) in [6.45, 7) is 2.24. The molecule has 3 rings (SSSR count). The van der Waals surface area contributed by atoms with E-state index in [1.54, 1.807) is 13.0 Å². The molecule has 3 aromatic rings. The van der Waals surface area contributed by atoms with Crippen LogP contribution in [0, 0.1) is 6.92 Å². The van der Waals surface area contributed by atoms with Crippen molar-refractivity contribution in [1.82, 2.24) is 10.5 Å². The van der Waals surface area contributed by atoms with Gasteiger partial charge >= 0.3 is 0 Å². The summed E-state index contributed by atoms with van der Waals surface area (Å²) in [6, 6.07) is 15.8. The summed E-state index contributed by atoms with van der Waals surface area (Å²) in [6.07, 6.45) is 0. The van der Waals surface area contributed by atoms with Crippen LogP contribution in [0.5, 0.6) is 0 Å². The number of rotatable bonds is 3. The second-order valence-corrected chi connectivity index (χ2v) is 4.65. The van der Waals surface area contributed by atoms with Crippen LogP contribution in [0.4, 0.5) is 0 Å². The number of carbonyl (C=O) groups excluding carboxylic acids is 1. The summed E-state index contributed by atoms with van der Waals surface area (Å²) in [5.41, 5.74) is 1.77. The fraction of sp³-hybridized carbons (Fsp3) is 0.125. The monoisotopic (exact) mass is 266 g/mol. The highest BCUT2D eigenvalue weighted by Crippen LogP contribution is 2.18. The molecule has 4 nitrogen and oxygen atoms in total. The van der Waals surface area contributed by atoms with Gasteiger partial charge in [-0.2, -0.15) is 0 Å². The van der Waals surface area contributed by atoms with Gasteiger partial charge in [0.1, 0.15) is 0 Å². The molecule has 0 fully saturated rings. The predicted molar refractivity (Wildman–Crippen MR) is 76.4 cm³/mol. The zero-order valence-electron chi connectivity index (χ0n) is 11.1. The molecule has 1 aromatic heterocycles. The topological polar surface area (TPSA) is 55.1 Å². The highest BCUT2D eigenvalue weighted by Gasteiger charge is 2.11. The van der Waals surface area contributed by atoms with Crippen molar-refractivity contribution in [2.75, 3.05) is 0 Å². The molecule has 20 heavy (non-hydrogen) atoms. The van der Waals surface area contributed by atoms with Gasteiger partial charge in [-0.1, -0.05) is 47.6 Å². The van der Waals surface area contributed by atoms with Crippen molar-refractivity contribution in [2.45, 2.75) is 13.5 Å². The van der Waals surface area contributed by atoms with Gasteiger partial charge < -0.3 is 9.84 Å². The third-order valence-electron chi connectivity index (χ3n) is 3.17. The average molecular weight is 266 g/mol. The summed E-state index contributed by atoms with van der Waals surface area (Å²) in [5.74, 6) is -0.0127. The number of aromatic nitrogens is 1. The summed E-state index contributed by atoms with van der Waals surface area (Å²) < 4.78 is 4.94. The molecule has 1 N–H and O–H groups in total. The lowest BCUT2D eigenvalue weighted by Crippen LogP contribution is -2.22. The number of aryl methyl sites for hydroxylation is 1. The smallest absolute Gasteiger partial charge is 0.290 e. The van der Waals surface area contributed by atoms with Gasteiger partial charge in [0, 0.05) is 12.6 Å². The Morgan fingerprint density at radius 3 is 2.80 bits per heavy atom. The van der Waals surface area contributed by atoms with Crippen LogP contribution in [0.2, 0.25) is 0 Å². The summed E-state index contributed by atoms with van der Waals surface area (Å²) in [7, 11) is 0. The number of hydrogen-bond donors (Lipinski definition) is 1. The normalized spacial score (nSPS) is 10.7. The molecule has 0 bridgehead atoms. The Morgan fingerprint density at radius 1 is 1.20 bits per heavy atom. The van der Waals surface area contributed by atoms with Crippen molar-refractivity contribution in [3.63, 3.8) is 0 Å². The first kappa shape index (κ1) is 12.4. The molecule has 0 aliphatic carbocycles. The lowest BCUT2D eigenvalue weighted by atomic mass is 10.0. The van der Waals surface area contributed by atoms with E-state index >= 15 is 0 Å². The SMILES string of the molecule is Cc1cc(C(=O)NCc2cccc3ccccc23)on1. The van der Waals surface area contributed by atoms with E-state index in [9.17, 15) is 4.79 Å². The quantitative estimate of drug-likeness (QED) is 0.792. The van der Waals surface area contributed by atoms with Crippen molar-refractivity contribution < 1.29 is 9.32 Å². The van der Waals surface area contributed by atoms with Crippen LogP contribution in [0.15, 0.2) is 53.1 Å². The van der Waals surface area contributed by atoms with Gasteiger partial charge in [-0.15, -0.1) is 0 Å². The molecule has 0 aliphatic heterocycles. The van der Waals surface area contributed by atoms with Gasteiger partial charge in [0.05, 0.1) is 5.69 Å². The van der Waals surface area contributed by atoms with Crippen LogP contribution in [0.25, 0.3) is 10.8 Å². The Labute approximate surface area is 116 Å². The number of nitrogens with one attached hydrogen (secondary N) is 1. The van der Waals surface area contributed by atoms with E-state index in [0.29, 0.717) is 12.2 Å². The van der Waals surface area contributed by atoms with E-state index in [1.165, 1.54) is 0 Å². The Hall–Kier alpha value is -2.62. The molecule has 0 aliphatic rings. The summed E-state index contributed by atoms with van der Waals surface area (Å²) in [5, 5.41) is 8.86. The van der Waals surface area contributed by atoms with Crippen LogP contribution in [0.1, 0.15) is 21.8 Å². The Bertz CT molecular complexity index is 757. The van der Waals surface area contributed by atoms with Crippen molar-refractivity contribution >= 4 is 16.7 Å². The Kier molecular flexibility index (Phi) is 3.21. The zero-order chi connectivity index (χ0) is 13.9. The molecule has 0 atom stereocenters. The van der Waals surface area contributed by atoms with Crippen LogP contribution < -0.4 is 5.32 Å². The fourth-order valence-corrected chi connectivity index (χ4v) is 2.18. The van der Waals surface area contributed by atoms with Crippen LogP contribution in [-0.2, 0) is 6.54 Å². The lowest BCUT2D eigenvalue weighted by Gasteiger charge is -2.07. The summed E-state index contributed by atoms with van der Waals surface area (Å²) in [4.78, 5) is 11.9. The van der Waals surface area contributed by atoms with E-state index in [4.69, 9.17) is 4.52 Å². The maximum Gasteiger partial charge on any atom is 0.290 e. The first-order chi connectivity index (χ1) is 9.74. The highest BCUT2D eigenvalue weighted by molar-refractivity contribution is 5.92. The van der Waals surface area contributed by atoms with Gasteiger partial charge in [0.25, 0.3) is 5.91 Å². The first-order valence-corrected chi connectivity index (χ1v) is 6.42. The van der Waals surface area contributed by atoms with E-state index in [-0.39, 0.29) is 11.7 Å². The molecule has 0 saturated heterocycles. The average Bonchev–Trinajstić information content (AvgIpc) is 2.91. The third kappa shape index (κ3) is 2.40. The summed E-state index contributed by atoms with van der Waals surface area (Å²) >= 11 is 0. The van der Waals surface area contributed by atoms with Crippen LogP contribution >= 0.6 is 0 Å². The van der Waals surface area contributed by atoms with Crippen LogP contribution in [-0.4, -0.2) is 11.1 Å². The number of amides is 1. The first-order valence-electron chi connectivity index (χ1n) is 6.42. The van der Waals surface area contributed by atoms with Crippen molar-refractivity contribution in [1.29, 1.82) is 0 Å². The van der Waals surface area contributed by atoms with Gasteiger partial charge in [-0.25, -0.2) is 0 Å². The minimum atomic E-state index is -0.251. The van der Waals surface area contributed by atoms with Crippen LogP contribution in [0.3, 0.4) is 0 Å². The van der Waals surface area contributed by atoms with E-state index in [2.05, 4.69) is 28.7 Å². The predicted octanol–water partition coefficient (Wildman–Crippen LogP) is 3.07. The number of fused-ring (bicyclic) bond motifs is 1. The molecular formula is C16H14N2O2. The maximum atomic E-state index is 11.9. The minimum absolute atomic E-state index is 0.239. The molecule has 0 radical (unpaired) electrons. The van der Waals surface area contributed by atoms with Gasteiger partial charge in [-0.3, -0.25) is 4.79 Å². The zero-order valence-corrected chi connectivity index (χ0v) is 11.1. The van der Waals surface area contributed by atoms with Crippen molar-refractivity contribution in [3.8, 4) is 0 Å². The molecule has 0 saturated carbocycles. The van der Waals surface area contributed by atoms with Crippen molar-refractivity contribution in [3.05, 3.63) is 65.5 Å². The number of carbonyl (C=O) groups is 1. The molecular weight excluding hydrogens is 252 g/mol. The van der Waals surface area contributed by atoms with E-state index in [1.807, 2.05) is 24.3 Å². The highest BCUT2D eigenvalue weighted by atomic mass is 16.5. The van der Waals surface area contributed by atoms with Crippen molar-refractivity contribution in [2.24, 2.45) is 0 Å². The Balaban J connectivity index is 1.79. The second-order valence-electron chi connectivity index (χ2n) is 4.65. The van der Waals surface area contributed by atoms with E-state index in [0.717, 1.165) is 16.3 Å². The maximum absolute atomic E-state index is 11.9. The Morgan fingerprint density at radius 2 is 2.00 bits per heavy atom. The lowest BCUT2D eigenvalue weighted by molar-refractivity contribution is 0.0914. The van der Waals surface area contributed by atoms with Gasteiger partial charge in [0.2, 0.25) is 5.76 Å². The molecule has 1 amide bonds. The number of hydrogen-bond acceptors (Lipinski definition) is 3. The molecule has 2 aromatic carbocycles. The standard InChI is InChI=1S/C16H14N2O2/c1-11-9-15(20-18-11)16(19)17-10-13-7-4-6-12-5-2-3-8-14(12)13/h2-9H,10H2,1H3,(H,17,19). The number of nitrogens with zero attached hydrogens (tertiary/aromatic N) is 1. The molecule has 100 valence electrons. The minimum Gasteiger partial charge on any atom is -0.351 e. The fourth-order valence-electron chi connectivity index (χ4n) is 2.18. The number of benzene rings is 2. The molecule has 0 unspecified atom stereocenters.